The van der Waals surface area contributed by atoms with E-state index in [2.05, 4.69) is 31.0 Å². The maximum absolute atomic E-state index is 13.4. The van der Waals surface area contributed by atoms with E-state index in [1.54, 1.807) is 35.2 Å². The first-order chi connectivity index (χ1) is 15.0. The van der Waals surface area contributed by atoms with Crippen molar-refractivity contribution in [1.29, 1.82) is 0 Å². The van der Waals surface area contributed by atoms with Gasteiger partial charge in [0, 0.05) is 5.56 Å². The van der Waals surface area contributed by atoms with Gasteiger partial charge in [-0.25, -0.2) is 14.9 Å². The number of amidine groups is 1. The molecule has 1 aromatic heterocycles. The van der Waals surface area contributed by atoms with E-state index in [1.807, 2.05) is 30.3 Å². The number of hydrogen-bond donors (Lipinski definition) is 1. The number of aromatic nitrogens is 1. The lowest BCUT2D eigenvalue weighted by atomic mass is 10.1. The highest BCUT2D eigenvalue weighted by atomic mass is 32.1. The first kappa shape index (κ1) is 19.2. The Morgan fingerprint density at radius 3 is 2.42 bits per heavy atom. The van der Waals surface area contributed by atoms with Crippen molar-refractivity contribution < 1.29 is 9.90 Å². The minimum Gasteiger partial charge on any atom is -0.508 e. The maximum atomic E-state index is 13.4. The van der Waals surface area contributed by atoms with Crippen LogP contribution in [0.4, 0.5) is 5.13 Å². The van der Waals surface area contributed by atoms with Crippen LogP contribution in [-0.4, -0.2) is 21.8 Å². The van der Waals surface area contributed by atoms with Crippen molar-refractivity contribution >= 4 is 44.5 Å². The third-order valence-corrected chi connectivity index (χ3v) is 6.28. The highest BCUT2D eigenvalue weighted by Crippen LogP contribution is 2.35. The van der Waals surface area contributed by atoms with Gasteiger partial charge in [0.1, 0.15) is 17.3 Å². The van der Waals surface area contributed by atoms with Crippen LogP contribution in [0.15, 0.2) is 77.4 Å². The van der Waals surface area contributed by atoms with Gasteiger partial charge in [0.05, 0.1) is 10.2 Å². The van der Waals surface area contributed by atoms with E-state index in [9.17, 15) is 9.90 Å². The number of phenolic OH excluding ortho intramolecular Hbond substituents is 1. The van der Waals surface area contributed by atoms with Gasteiger partial charge in [0.2, 0.25) is 0 Å². The van der Waals surface area contributed by atoms with Crippen LogP contribution in [0, 0.1) is 13.8 Å². The highest BCUT2D eigenvalue weighted by molar-refractivity contribution is 7.22. The monoisotopic (exact) mass is 425 g/mol. The predicted octanol–water partition coefficient (Wildman–Crippen LogP) is 5.45. The number of nitrogens with zero attached hydrogens (tertiary/aromatic N) is 3. The fourth-order valence-electron chi connectivity index (χ4n) is 3.47. The number of thiazole rings is 1. The fraction of sp³-hybridized carbons (Fsp3) is 0.0800. The van der Waals surface area contributed by atoms with Gasteiger partial charge in [0.25, 0.3) is 5.91 Å². The summed E-state index contributed by atoms with van der Waals surface area (Å²) in [5, 5.41) is 10.1. The number of amides is 1. The van der Waals surface area contributed by atoms with E-state index >= 15 is 0 Å². The molecule has 0 saturated carbocycles. The van der Waals surface area contributed by atoms with Crippen molar-refractivity contribution in [3.63, 3.8) is 0 Å². The zero-order chi connectivity index (χ0) is 21.5. The van der Waals surface area contributed by atoms with Crippen LogP contribution in [0.2, 0.25) is 0 Å². The zero-order valence-corrected chi connectivity index (χ0v) is 17.9. The van der Waals surface area contributed by atoms with E-state index in [0.29, 0.717) is 16.7 Å². The molecule has 0 saturated heterocycles. The summed E-state index contributed by atoms with van der Waals surface area (Å²) in [4.78, 5) is 24.5. The lowest BCUT2D eigenvalue weighted by molar-refractivity contribution is -0.113. The van der Waals surface area contributed by atoms with E-state index in [4.69, 9.17) is 4.98 Å². The normalized spacial score (nSPS) is 15.2. The van der Waals surface area contributed by atoms with E-state index in [-0.39, 0.29) is 11.7 Å². The van der Waals surface area contributed by atoms with Crippen molar-refractivity contribution in [2.24, 2.45) is 4.99 Å². The van der Waals surface area contributed by atoms with Crippen LogP contribution in [-0.2, 0) is 4.79 Å². The number of aliphatic imine (C=N–C) groups is 1. The fourth-order valence-corrected chi connectivity index (χ4v) is 4.51. The lowest BCUT2D eigenvalue weighted by Gasteiger charge is -2.14. The molecule has 0 atom stereocenters. The van der Waals surface area contributed by atoms with Crippen LogP contribution < -0.4 is 4.90 Å². The van der Waals surface area contributed by atoms with E-state index in [1.165, 1.54) is 22.5 Å². The Labute approximate surface area is 183 Å². The Kier molecular flexibility index (Phi) is 4.64. The van der Waals surface area contributed by atoms with E-state index < -0.39 is 0 Å². The molecule has 1 aliphatic rings. The molecule has 152 valence electrons. The smallest absolute Gasteiger partial charge is 0.284 e. The molecule has 3 aromatic carbocycles. The van der Waals surface area contributed by atoms with Gasteiger partial charge < -0.3 is 5.11 Å². The summed E-state index contributed by atoms with van der Waals surface area (Å²) in [6.07, 6.45) is 1.73. The Balaban J connectivity index is 1.64. The summed E-state index contributed by atoms with van der Waals surface area (Å²) in [5.41, 5.74) is 5.20. The number of aryl methyl sites for hydroxylation is 2. The average molecular weight is 426 g/mol. The number of fused-ring (bicyclic) bond motifs is 1. The molecule has 0 unspecified atom stereocenters. The summed E-state index contributed by atoms with van der Waals surface area (Å²) >= 11 is 1.48. The Morgan fingerprint density at radius 1 is 0.968 bits per heavy atom. The number of rotatable bonds is 3. The quantitative estimate of drug-likeness (QED) is 0.444. The molecule has 0 aliphatic carbocycles. The zero-order valence-electron chi connectivity index (χ0n) is 17.0. The van der Waals surface area contributed by atoms with Crippen molar-refractivity contribution in [1.82, 2.24) is 4.98 Å². The maximum Gasteiger partial charge on any atom is 0.284 e. The number of hydrogen-bond acceptors (Lipinski definition) is 5. The van der Waals surface area contributed by atoms with Gasteiger partial charge in [-0.3, -0.25) is 4.79 Å². The molecule has 31 heavy (non-hydrogen) atoms. The van der Waals surface area contributed by atoms with Crippen LogP contribution in [0.1, 0.15) is 22.3 Å². The van der Waals surface area contributed by atoms with Crippen molar-refractivity contribution in [2.75, 3.05) is 4.90 Å². The number of aromatic hydroxyl groups is 1. The Bertz CT molecular complexity index is 1330. The van der Waals surface area contributed by atoms with Crippen molar-refractivity contribution in [3.05, 3.63) is 94.7 Å². The van der Waals surface area contributed by atoms with Gasteiger partial charge in [-0.05, 0) is 60.9 Å². The van der Waals surface area contributed by atoms with E-state index in [0.717, 1.165) is 21.3 Å². The van der Waals surface area contributed by atoms with Gasteiger partial charge in [-0.15, -0.1) is 0 Å². The van der Waals surface area contributed by atoms with Crippen LogP contribution in [0.25, 0.3) is 16.3 Å². The summed E-state index contributed by atoms with van der Waals surface area (Å²) in [6.45, 7) is 4.13. The van der Waals surface area contributed by atoms with Crippen LogP contribution >= 0.6 is 11.3 Å². The molecular formula is C25H19N3O2S. The SMILES string of the molecule is Cc1cc2nc(N3C(=O)/C(=C/c4ccc(O)cc4)N=C3c3ccccc3)sc2cc1C. The second-order valence-electron chi connectivity index (χ2n) is 7.46. The first-order valence-electron chi connectivity index (χ1n) is 9.87. The predicted molar refractivity (Wildman–Crippen MR) is 126 cm³/mol. The molecule has 6 heteroatoms. The third kappa shape index (κ3) is 3.51. The molecule has 0 bridgehead atoms. The molecule has 5 nitrogen and oxygen atoms in total. The second-order valence-corrected chi connectivity index (χ2v) is 8.47. The largest absolute Gasteiger partial charge is 0.508 e. The molecule has 0 radical (unpaired) electrons. The lowest BCUT2D eigenvalue weighted by Crippen LogP contribution is -2.32. The summed E-state index contributed by atoms with van der Waals surface area (Å²) in [7, 11) is 0. The second kappa shape index (κ2) is 7.49. The standard InChI is InChI=1S/C25H19N3O2S/c1-15-12-20-22(13-16(15)2)31-25(27-20)28-23(18-6-4-3-5-7-18)26-21(24(28)30)14-17-8-10-19(29)11-9-17/h3-14,29H,1-2H3/b21-14-. The molecular weight excluding hydrogens is 406 g/mol. The number of phenols is 1. The Morgan fingerprint density at radius 2 is 1.68 bits per heavy atom. The summed E-state index contributed by atoms with van der Waals surface area (Å²) in [6, 6.07) is 20.5. The topological polar surface area (TPSA) is 65.8 Å². The van der Waals surface area contributed by atoms with Gasteiger partial charge in [0.15, 0.2) is 5.13 Å². The molecule has 1 amide bonds. The molecule has 0 spiro atoms. The third-order valence-electron chi connectivity index (χ3n) is 5.27. The number of benzene rings is 3. The molecule has 2 heterocycles. The number of carbonyl (C=O) groups is 1. The molecule has 5 rings (SSSR count). The molecule has 0 fully saturated rings. The number of anilines is 1. The summed E-state index contributed by atoms with van der Waals surface area (Å²) < 4.78 is 1.04. The van der Waals surface area contributed by atoms with Gasteiger partial charge >= 0.3 is 0 Å². The first-order valence-corrected chi connectivity index (χ1v) is 10.7. The highest BCUT2D eigenvalue weighted by Gasteiger charge is 2.34. The van der Waals surface area contributed by atoms with Crippen LogP contribution in [0.5, 0.6) is 5.75 Å². The van der Waals surface area contributed by atoms with Gasteiger partial charge in [-0.2, -0.15) is 0 Å². The minimum absolute atomic E-state index is 0.176. The minimum atomic E-state index is -0.223. The summed E-state index contributed by atoms with van der Waals surface area (Å²) in [5.74, 6) is 0.512. The molecule has 1 aliphatic heterocycles. The molecule has 4 aromatic rings. The van der Waals surface area contributed by atoms with Crippen LogP contribution in [0.3, 0.4) is 0 Å². The van der Waals surface area contributed by atoms with Gasteiger partial charge in [-0.1, -0.05) is 53.8 Å². The number of carbonyl (C=O) groups excluding carboxylic acids is 1. The molecule has 1 N–H and O–H groups in total. The average Bonchev–Trinajstić information content (AvgIpc) is 3.31. The van der Waals surface area contributed by atoms with Crippen molar-refractivity contribution in [3.8, 4) is 5.75 Å². The Hall–Kier alpha value is -3.77. The van der Waals surface area contributed by atoms with Crippen molar-refractivity contribution in [2.45, 2.75) is 13.8 Å².